The Morgan fingerprint density at radius 3 is 2.22 bits per heavy atom. The van der Waals surface area contributed by atoms with Crippen molar-refractivity contribution in [2.45, 2.75) is 17.2 Å². The molecule has 0 aliphatic heterocycles. The molecule has 1 fully saturated rings. The highest BCUT2D eigenvalue weighted by Crippen LogP contribution is 2.65. The summed E-state index contributed by atoms with van der Waals surface area (Å²) in [6, 6.07) is 13.0. The third kappa shape index (κ3) is 5.97. The van der Waals surface area contributed by atoms with Crippen LogP contribution in [-0.4, -0.2) is 22.1 Å². The van der Waals surface area contributed by atoms with Crippen LogP contribution in [0.2, 0.25) is 15.1 Å². The van der Waals surface area contributed by atoms with Crippen molar-refractivity contribution in [1.82, 2.24) is 0 Å². The van der Waals surface area contributed by atoms with Crippen LogP contribution >= 0.6 is 58.0 Å². The largest absolute Gasteiger partial charge is 0.326 e. The molecule has 37 heavy (non-hydrogen) atoms. The number of carbonyl (C=O) groups excluding carboxylic acids is 3. The predicted molar refractivity (Wildman–Crippen MR) is 146 cm³/mol. The molecule has 0 unspecified atom stereocenters. The second kappa shape index (κ2) is 10.7. The van der Waals surface area contributed by atoms with Crippen LogP contribution in [0.4, 0.5) is 21.5 Å². The van der Waals surface area contributed by atoms with E-state index in [4.69, 9.17) is 58.0 Å². The molecule has 0 heterocycles. The molecular formula is C25H17Cl5FN3O3. The van der Waals surface area contributed by atoms with E-state index >= 15 is 0 Å². The fourth-order valence-electron chi connectivity index (χ4n) is 3.95. The minimum Gasteiger partial charge on any atom is -0.326 e. The third-order valence-corrected chi connectivity index (χ3v) is 7.33. The fraction of sp³-hybridized carbons (Fsp3) is 0.160. The van der Waals surface area contributed by atoms with Crippen LogP contribution in [0.5, 0.6) is 0 Å². The molecule has 4 rings (SSSR count). The molecule has 3 N–H and O–H groups in total. The zero-order chi connectivity index (χ0) is 27.1. The highest BCUT2D eigenvalue weighted by molar-refractivity contribution is 6.53. The van der Waals surface area contributed by atoms with Crippen LogP contribution in [0.1, 0.15) is 28.8 Å². The van der Waals surface area contributed by atoms with Crippen LogP contribution in [0.15, 0.2) is 54.6 Å². The molecule has 1 aliphatic carbocycles. The molecule has 3 aromatic carbocycles. The Morgan fingerprint density at radius 1 is 0.892 bits per heavy atom. The lowest BCUT2D eigenvalue weighted by Crippen LogP contribution is -2.19. The van der Waals surface area contributed by atoms with E-state index in [-0.39, 0.29) is 27.6 Å². The summed E-state index contributed by atoms with van der Waals surface area (Å²) in [6.07, 6.45) is 0. The topological polar surface area (TPSA) is 87.3 Å². The third-order valence-electron chi connectivity index (χ3n) is 5.62. The molecule has 6 nitrogen and oxygen atoms in total. The number of benzene rings is 3. The smallest absolute Gasteiger partial charge is 0.257 e. The number of rotatable bonds is 6. The van der Waals surface area contributed by atoms with Crippen molar-refractivity contribution < 1.29 is 18.8 Å². The lowest BCUT2D eigenvalue weighted by Gasteiger charge is -2.14. The molecule has 1 aliphatic rings. The molecule has 192 valence electrons. The summed E-state index contributed by atoms with van der Waals surface area (Å²) < 4.78 is 13.0. The molecule has 12 heteroatoms. The number of halogens is 6. The van der Waals surface area contributed by atoms with E-state index in [1.54, 1.807) is 18.2 Å². The van der Waals surface area contributed by atoms with Gasteiger partial charge in [-0.15, -0.1) is 23.2 Å². The Hall–Kier alpha value is -2.55. The Labute approximate surface area is 236 Å². The monoisotopic (exact) mass is 601 g/mol. The van der Waals surface area contributed by atoms with E-state index in [9.17, 15) is 18.8 Å². The number of hydrogen-bond donors (Lipinski definition) is 3. The van der Waals surface area contributed by atoms with Crippen LogP contribution < -0.4 is 16.0 Å². The van der Waals surface area contributed by atoms with Crippen molar-refractivity contribution in [3.63, 3.8) is 0 Å². The highest BCUT2D eigenvalue weighted by Gasteiger charge is 2.67. The molecule has 2 atom stereocenters. The van der Waals surface area contributed by atoms with Gasteiger partial charge in [0.25, 0.3) is 5.91 Å². The van der Waals surface area contributed by atoms with Gasteiger partial charge in [-0.25, -0.2) is 4.39 Å². The van der Waals surface area contributed by atoms with Gasteiger partial charge in [0.2, 0.25) is 11.8 Å². The summed E-state index contributed by atoms with van der Waals surface area (Å²) >= 11 is 31.2. The van der Waals surface area contributed by atoms with Gasteiger partial charge in [-0.3, -0.25) is 14.4 Å². The van der Waals surface area contributed by atoms with Gasteiger partial charge in [-0.2, -0.15) is 0 Å². The Morgan fingerprint density at radius 2 is 1.57 bits per heavy atom. The minimum absolute atomic E-state index is 0.0477. The number of carbonyl (C=O) groups is 3. The molecule has 0 aromatic heterocycles. The first-order valence-corrected chi connectivity index (χ1v) is 12.6. The summed E-state index contributed by atoms with van der Waals surface area (Å²) in [5, 5.41) is 8.35. The summed E-state index contributed by atoms with van der Waals surface area (Å²) in [5.74, 6) is -3.85. The van der Waals surface area contributed by atoms with Gasteiger partial charge in [0.05, 0.1) is 22.2 Å². The maximum absolute atomic E-state index is 14.4. The van der Waals surface area contributed by atoms with Gasteiger partial charge >= 0.3 is 0 Å². The standard InChI is InChI=1S/C25H17Cl5FN3O3/c1-11(35)32-19-4-2-3-18(31)22(19)34-23(36)16-10-15(5-6-17(16)28)33-24(37)21-20(25(21,29)30)12-7-13(26)9-14(27)8-12/h2-10,20-21H,1H3,(H,32,35)(H,33,37)(H,34,36)/t20-,21+/m0/s1. The SMILES string of the molecule is CC(=O)Nc1cccc(F)c1NC(=O)c1cc(NC(=O)[C@H]2[C@H](c3cc(Cl)cc(Cl)c3)C2(Cl)Cl)ccc1Cl. The summed E-state index contributed by atoms with van der Waals surface area (Å²) in [7, 11) is 0. The van der Waals surface area contributed by atoms with E-state index in [0.29, 0.717) is 15.6 Å². The molecule has 0 spiro atoms. The van der Waals surface area contributed by atoms with Crippen molar-refractivity contribution in [2.75, 3.05) is 16.0 Å². The van der Waals surface area contributed by atoms with Crippen LogP contribution in [0.25, 0.3) is 0 Å². The second-order valence-corrected chi connectivity index (χ2v) is 11.0. The molecule has 1 saturated carbocycles. The zero-order valence-corrected chi connectivity index (χ0v) is 22.6. The summed E-state index contributed by atoms with van der Waals surface area (Å²) in [5.41, 5.74) is 0.632. The second-order valence-electron chi connectivity index (χ2n) is 8.31. The van der Waals surface area contributed by atoms with Crippen molar-refractivity contribution >= 4 is 92.8 Å². The van der Waals surface area contributed by atoms with E-state index in [1.807, 2.05) is 0 Å². The lowest BCUT2D eigenvalue weighted by molar-refractivity contribution is -0.117. The van der Waals surface area contributed by atoms with Gasteiger partial charge in [-0.1, -0.05) is 40.9 Å². The van der Waals surface area contributed by atoms with E-state index in [2.05, 4.69) is 16.0 Å². The first kappa shape index (κ1) is 27.5. The number of para-hydroxylation sites is 1. The van der Waals surface area contributed by atoms with E-state index in [1.165, 1.54) is 37.3 Å². The molecule has 0 bridgehead atoms. The van der Waals surface area contributed by atoms with Crippen molar-refractivity contribution in [2.24, 2.45) is 5.92 Å². The van der Waals surface area contributed by atoms with Crippen molar-refractivity contribution in [3.8, 4) is 0 Å². The fourth-order valence-corrected chi connectivity index (χ4v) is 5.52. The first-order chi connectivity index (χ1) is 17.4. The average molecular weight is 604 g/mol. The summed E-state index contributed by atoms with van der Waals surface area (Å²) in [4.78, 5) is 37.4. The average Bonchev–Trinajstić information content (AvgIpc) is 3.38. The van der Waals surface area contributed by atoms with Gasteiger partial charge in [-0.05, 0) is 54.1 Å². The van der Waals surface area contributed by atoms with Crippen LogP contribution in [0, 0.1) is 11.7 Å². The van der Waals surface area contributed by atoms with Gasteiger partial charge in [0, 0.05) is 28.6 Å². The summed E-state index contributed by atoms with van der Waals surface area (Å²) in [6.45, 7) is 1.25. The van der Waals surface area contributed by atoms with E-state index in [0.717, 1.165) is 6.07 Å². The van der Waals surface area contributed by atoms with Gasteiger partial charge in [0.15, 0.2) is 0 Å². The van der Waals surface area contributed by atoms with Gasteiger partial charge in [0.1, 0.15) is 15.8 Å². The number of hydrogen-bond acceptors (Lipinski definition) is 3. The molecule has 3 amide bonds. The number of nitrogens with one attached hydrogen (secondary N) is 3. The maximum atomic E-state index is 14.4. The van der Waals surface area contributed by atoms with E-state index < -0.39 is 39.7 Å². The first-order valence-electron chi connectivity index (χ1n) is 10.7. The minimum atomic E-state index is -1.39. The molecule has 0 radical (unpaired) electrons. The number of alkyl halides is 2. The Kier molecular flexibility index (Phi) is 7.93. The highest BCUT2D eigenvalue weighted by atomic mass is 35.5. The van der Waals surface area contributed by atoms with Gasteiger partial charge < -0.3 is 16.0 Å². The Bertz CT molecular complexity index is 1410. The normalized spacial score (nSPS) is 17.6. The Balaban J connectivity index is 1.54. The molecule has 3 aromatic rings. The zero-order valence-electron chi connectivity index (χ0n) is 18.8. The van der Waals surface area contributed by atoms with Crippen molar-refractivity contribution in [1.29, 1.82) is 0 Å². The maximum Gasteiger partial charge on any atom is 0.257 e. The number of amides is 3. The van der Waals surface area contributed by atoms with Crippen molar-refractivity contribution in [3.05, 3.63) is 86.6 Å². The number of anilines is 3. The quantitative estimate of drug-likeness (QED) is 0.255. The molecular weight excluding hydrogens is 587 g/mol. The van der Waals surface area contributed by atoms with Crippen LogP contribution in [-0.2, 0) is 9.59 Å². The predicted octanol–water partition coefficient (Wildman–Crippen LogP) is 7.52. The van der Waals surface area contributed by atoms with Crippen LogP contribution in [0.3, 0.4) is 0 Å². The lowest BCUT2D eigenvalue weighted by atomic mass is 10.1. The molecule has 0 saturated heterocycles.